The number of anilines is 1. The van der Waals surface area contributed by atoms with Crippen molar-refractivity contribution in [1.29, 1.82) is 0 Å². The summed E-state index contributed by atoms with van der Waals surface area (Å²) in [6, 6.07) is 11.7. The van der Waals surface area contributed by atoms with Crippen LogP contribution in [0.25, 0.3) is 11.1 Å². The number of ketones is 1. The number of hydrogen-bond donors (Lipinski definition) is 1. The number of methoxy groups -OCH3 is 1. The minimum absolute atomic E-state index is 0.0540. The van der Waals surface area contributed by atoms with Crippen molar-refractivity contribution in [2.45, 2.75) is 12.8 Å². The van der Waals surface area contributed by atoms with Crippen LogP contribution in [0.2, 0.25) is 0 Å². The minimum Gasteiger partial charge on any atom is -0.497 e. The van der Waals surface area contributed by atoms with Gasteiger partial charge in [-0.1, -0.05) is 12.1 Å². The number of rotatable bonds is 6. The molecule has 7 nitrogen and oxygen atoms in total. The molecule has 0 saturated carbocycles. The van der Waals surface area contributed by atoms with E-state index in [9.17, 15) is 14.4 Å². The van der Waals surface area contributed by atoms with Crippen LogP contribution in [0.5, 0.6) is 5.75 Å². The zero-order valence-electron chi connectivity index (χ0n) is 14.4. The molecule has 0 radical (unpaired) electrons. The van der Waals surface area contributed by atoms with Gasteiger partial charge in [-0.25, -0.2) is 4.79 Å². The molecule has 1 aromatic heterocycles. The van der Waals surface area contributed by atoms with Crippen molar-refractivity contribution in [2.75, 3.05) is 12.4 Å². The van der Waals surface area contributed by atoms with Gasteiger partial charge < -0.3 is 14.5 Å². The average molecular weight is 354 g/mol. The largest absolute Gasteiger partial charge is 0.497 e. The van der Waals surface area contributed by atoms with Crippen LogP contribution in [0.3, 0.4) is 0 Å². The molecule has 1 amide bonds. The van der Waals surface area contributed by atoms with Gasteiger partial charge in [0.1, 0.15) is 5.75 Å². The summed E-state index contributed by atoms with van der Waals surface area (Å²) in [5.41, 5.74) is 2.07. The van der Waals surface area contributed by atoms with Gasteiger partial charge in [-0.3, -0.25) is 14.2 Å². The molecule has 0 aliphatic carbocycles. The van der Waals surface area contributed by atoms with Crippen LogP contribution in [0.4, 0.5) is 5.69 Å². The van der Waals surface area contributed by atoms with Crippen molar-refractivity contribution >= 4 is 28.5 Å². The number of carbonyl (C=O) groups excluding carboxylic acids is 2. The highest BCUT2D eigenvalue weighted by atomic mass is 16.5. The molecule has 0 unspecified atom stereocenters. The molecule has 1 N–H and O–H groups in total. The Labute approximate surface area is 149 Å². The standard InChI is InChI=1S/C19H18N2O5/c1-21-15-11-13(6-8-17(15)26-19(21)24)20-18(23)9-7-16(22)12-4-3-5-14(10-12)25-2/h3-6,8,10-11H,7,9H2,1-2H3,(H,20,23). The molecule has 26 heavy (non-hydrogen) atoms. The molecule has 1 heterocycles. The van der Waals surface area contributed by atoms with Crippen LogP contribution in [0.15, 0.2) is 51.7 Å². The van der Waals surface area contributed by atoms with Gasteiger partial charge in [0, 0.05) is 31.1 Å². The Morgan fingerprint density at radius 1 is 1.15 bits per heavy atom. The van der Waals surface area contributed by atoms with Gasteiger partial charge in [0.15, 0.2) is 11.4 Å². The van der Waals surface area contributed by atoms with E-state index < -0.39 is 5.76 Å². The number of ether oxygens (including phenoxy) is 1. The Kier molecular flexibility index (Phi) is 4.88. The van der Waals surface area contributed by atoms with E-state index in [-0.39, 0.29) is 24.5 Å². The third-order valence-electron chi connectivity index (χ3n) is 4.05. The first-order chi connectivity index (χ1) is 12.5. The number of aromatic nitrogens is 1. The lowest BCUT2D eigenvalue weighted by Gasteiger charge is -2.06. The predicted octanol–water partition coefficient (Wildman–Crippen LogP) is 2.74. The second kappa shape index (κ2) is 7.26. The lowest BCUT2D eigenvalue weighted by molar-refractivity contribution is -0.116. The van der Waals surface area contributed by atoms with E-state index in [0.717, 1.165) is 0 Å². The van der Waals surface area contributed by atoms with Crippen LogP contribution >= 0.6 is 0 Å². The fourth-order valence-electron chi connectivity index (χ4n) is 2.60. The molecule has 134 valence electrons. The van der Waals surface area contributed by atoms with Crippen molar-refractivity contribution in [2.24, 2.45) is 7.05 Å². The fraction of sp³-hybridized carbons (Fsp3) is 0.211. The maximum atomic E-state index is 12.2. The van der Waals surface area contributed by atoms with Gasteiger partial charge in [-0.2, -0.15) is 0 Å². The van der Waals surface area contributed by atoms with E-state index in [1.54, 1.807) is 49.5 Å². The Bertz CT molecular complexity index is 1030. The number of hydrogen-bond acceptors (Lipinski definition) is 5. The second-order valence-corrected chi connectivity index (χ2v) is 5.81. The summed E-state index contributed by atoms with van der Waals surface area (Å²) in [4.78, 5) is 35.8. The summed E-state index contributed by atoms with van der Waals surface area (Å²) in [5.74, 6) is -0.285. The number of nitrogens with zero attached hydrogens (tertiary/aromatic N) is 1. The maximum Gasteiger partial charge on any atom is 0.419 e. The number of oxazole rings is 1. The number of aryl methyl sites for hydroxylation is 1. The number of Topliss-reactive ketones (excluding diaryl/α,β-unsaturated/α-hetero) is 1. The smallest absolute Gasteiger partial charge is 0.419 e. The minimum atomic E-state index is -0.465. The molecule has 0 fully saturated rings. The predicted molar refractivity (Wildman–Crippen MR) is 96.6 cm³/mol. The molecule has 7 heteroatoms. The number of amides is 1. The van der Waals surface area contributed by atoms with Crippen molar-refractivity contribution in [1.82, 2.24) is 4.57 Å². The Morgan fingerprint density at radius 2 is 1.96 bits per heavy atom. The van der Waals surface area contributed by atoms with E-state index in [1.807, 2.05) is 0 Å². The Morgan fingerprint density at radius 3 is 2.73 bits per heavy atom. The van der Waals surface area contributed by atoms with Crippen LogP contribution in [0, 0.1) is 0 Å². The lowest BCUT2D eigenvalue weighted by Crippen LogP contribution is -2.13. The van der Waals surface area contributed by atoms with Crippen molar-refractivity contribution in [3.63, 3.8) is 0 Å². The van der Waals surface area contributed by atoms with Crippen LogP contribution in [-0.4, -0.2) is 23.4 Å². The number of benzene rings is 2. The Balaban J connectivity index is 1.62. The second-order valence-electron chi connectivity index (χ2n) is 5.81. The van der Waals surface area contributed by atoms with Gasteiger partial charge >= 0.3 is 5.76 Å². The third kappa shape index (κ3) is 3.66. The number of nitrogens with one attached hydrogen (secondary N) is 1. The van der Waals surface area contributed by atoms with E-state index in [0.29, 0.717) is 28.1 Å². The topological polar surface area (TPSA) is 90.5 Å². The van der Waals surface area contributed by atoms with Crippen molar-refractivity contribution < 1.29 is 18.7 Å². The van der Waals surface area contributed by atoms with Gasteiger partial charge in [0.25, 0.3) is 0 Å². The van der Waals surface area contributed by atoms with Gasteiger partial charge in [-0.05, 0) is 30.3 Å². The summed E-state index contributed by atoms with van der Waals surface area (Å²) in [5, 5.41) is 2.73. The summed E-state index contributed by atoms with van der Waals surface area (Å²) in [6.07, 6.45) is 0.143. The van der Waals surface area contributed by atoms with Gasteiger partial charge in [0.2, 0.25) is 5.91 Å². The molecule has 0 saturated heterocycles. The normalized spacial score (nSPS) is 10.7. The molecule has 0 atom stereocenters. The van der Waals surface area contributed by atoms with Gasteiger partial charge in [-0.15, -0.1) is 0 Å². The zero-order valence-corrected chi connectivity index (χ0v) is 14.4. The van der Waals surface area contributed by atoms with Gasteiger partial charge in [0.05, 0.1) is 12.6 Å². The Hall–Kier alpha value is -3.35. The molecule has 2 aromatic carbocycles. The highest BCUT2D eigenvalue weighted by Crippen LogP contribution is 2.19. The first kappa shape index (κ1) is 17.5. The average Bonchev–Trinajstić information content (AvgIpc) is 2.94. The molecule has 0 aliphatic heterocycles. The number of carbonyl (C=O) groups is 2. The molecule has 0 spiro atoms. The summed E-state index contributed by atoms with van der Waals surface area (Å²) in [7, 11) is 3.12. The SMILES string of the molecule is COc1cccc(C(=O)CCC(=O)Nc2ccc3oc(=O)n(C)c3c2)c1. The molecular formula is C19H18N2O5. The maximum absolute atomic E-state index is 12.2. The molecule has 0 aliphatic rings. The third-order valence-corrected chi connectivity index (χ3v) is 4.05. The van der Waals surface area contributed by atoms with E-state index in [2.05, 4.69) is 5.32 Å². The zero-order chi connectivity index (χ0) is 18.7. The number of fused-ring (bicyclic) bond motifs is 1. The highest BCUT2D eigenvalue weighted by molar-refractivity contribution is 6.00. The van der Waals surface area contributed by atoms with Crippen LogP contribution < -0.4 is 15.8 Å². The highest BCUT2D eigenvalue weighted by Gasteiger charge is 2.12. The molecule has 0 bridgehead atoms. The monoisotopic (exact) mass is 354 g/mol. The molecular weight excluding hydrogens is 336 g/mol. The quantitative estimate of drug-likeness (QED) is 0.688. The lowest BCUT2D eigenvalue weighted by atomic mass is 10.1. The first-order valence-corrected chi connectivity index (χ1v) is 8.04. The van der Waals surface area contributed by atoms with E-state index in [4.69, 9.17) is 9.15 Å². The molecule has 3 rings (SSSR count). The van der Waals surface area contributed by atoms with Crippen LogP contribution in [0.1, 0.15) is 23.2 Å². The fourth-order valence-corrected chi connectivity index (χ4v) is 2.60. The molecule has 3 aromatic rings. The summed E-state index contributed by atoms with van der Waals surface area (Å²) < 4.78 is 11.5. The first-order valence-electron chi connectivity index (χ1n) is 8.04. The van der Waals surface area contributed by atoms with E-state index >= 15 is 0 Å². The van der Waals surface area contributed by atoms with Crippen molar-refractivity contribution in [3.05, 3.63) is 58.6 Å². The van der Waals surface area contributed by atoms with E-state index in [1.165, 1.54) is 11.7 Å². The summed E-state index contributed by atoms with van der Waals surface area (Å²) >= 11 is 0. The van der Waals surface area contributed by atoms with Crippen LogP contribution in [-0.2, 0) is 11.8 Å². The van der Waals surface area contributed by atoms with Crippen molar-refractivity contribution in [3.8, 4) is 5.75 Å². The summed E-state index contributed by atoms with van der Waals surface area (Å²) in [6.45, 7) is 0.